The largest absolute Gasteiger partial charge is 0.452 e. The minimum atomic E-state index is -0.626. The first-order chi connectivity index (χ1) is 13.1. The maximum absolute atomic E-state index is 13.0. The molecule has 0 unspecified atom stereocenters. The second-order valence-electron chi connectivity index (χ2n) is 5.90. The highest BCUT2D eigenvalue weighted by Crippen LogP contribution is 2.35. The molecule has 4 nitrogen and oxygen atoms in total. The Morgan fingerprint density at radius 3 is 2.44 bits per heavy atom. The van der Waals surface area contributed by atoms with Gasteiger partial charge in [-0.1, -0.05) is 30.3 Å². The average Bonchev–Trinajstić information content (AvgIpc) is 2.98. The lowest BCUT2D eigenvalue weighted by atomic mass is 10.1. The summed E-state index contributed by atoms with van der Waals surface area (Å²) in [4.78, 5) is 24.6. The zero-order chi connectivity index (χ0) is 18.8. The van der Waals surface area contributed by atoms with Gasteiger partial charge in [0, 0.05) is 6.07 Å². The van der Waals surface area contributed by atoms with Gasteiger partial charge in [0.1, 0.15) is 17.3 Å². The molecule has 1 aliphatic heterocycles. The van der Waals surface area contributed by atoms with Crippen molar-refractivity contribution < 1.29 is 23.5 Å². The second-order valence-corrected chi connectivity index (χ2v) is 5.90. The van der Waals surface area contributed by atoms with Gasteiger partial charge in [0.15, 0.2) is 5.76 Å². The Morgan fingerprint density at radius 1 is 0.963 bits per heavy atom. The van der Waals surface area contributed by atoms with Crippen LogP contribution >= 0.6 is 0 Å². The number of ether oxygens (including phenoxy) is 2. The van der Waals surface area contributed by atoms with Crippen molar-refractivity contribution in [3.8, 4) is 11.5 Å². The molecular formula is C22H13FO4. The minimum absolute atomic E-state index is 0.207. The van der Waals surface area contributed by atoms with Crippen LogP contribution in [0.3, 0.4) is 0 Å². The number of carbonyl (C=O) groups excluding carboxylic acids is 2. The quantitative estimate of drug-likeness (QED) is 0.387. The summed E-state index contributed by atoms with van der Waals surface area (Å²) in [5, 5.41) is 0. The highest BCUT2D eigenvalue weighted by atomic mass is 19.1. The molecule has 0 atom stereocenters. The Morgan fingerprint density at radius 2 is 1.70 bits per heavy atom. The van der Waals surface area contributed by atoms with Gasteiger partial charge in [0.05, 0.1) is 11.1 Å². The Kier molecular flexibility index (Phi) is 4.26. The summed E-state index contributed by atoms with van der Waals surface area (Å²) >= 11 is 0. The molecular weight excluding hydrogens is 347 g/mol. The van der Waals surface area contributed by atoms with E-state index in [4.69, 9.17) is 9.47 Å². The third-order valence-electron chi connectivity index (χ3n) is 4.03. The molecule has 1 aliphatic rings. The number of hydrogen-bond donors (Lipinski definition) is 0. The maximum Gasteiger partial charge on any atom is 0.343 e. The van der Waals surface area contributed by atoms with E-state index in [1.54, 1.807) is 12.1 Å². The van der Waals surface area contributed by atoms with Gasteiger partial charge >= 0.3 is 5.97 Å². The van der Waals surface area contributed by atoms with Gasteiger partial charge in [-0.2, -0.15) is 0 Å². The summed E-state index contributed by atoms with van der Waals surface area (Å²) in [6.07, 6.45) is 1.66. The molecule has 0 amide bonds. The van der Waals surface area contributed by atoms with Gasteiger partial charge < -0.3 is 9.47 Å². The van der Waals surface area contributed by atoms with Gasteiger partial charge in [-0.15, -0.1) is 0 Å². The van der Waals surface area contributed by atoms with Crippen LogP contribution in [0.5, 0.6) is 11.5 Å². The first-order valence-corrected chi connectivity index (χ1v) is 8.21. The van der Waals surface area contributed by atoms with Crippen LogP contribution in [0.2, 0.25) is 0 Å². The molecule has 0 fully saturated rings. The molecule has 4 rings (SSSR count). The van der Waals surface area contributed by atoms with Crippen molar-refractivity contribution in [2.24, 2.45) is 0 Å². The van der Waals surface area contributed by atoms with E-state index in [0.717, 1.165) is 5.56 Å². The second kappa shape index (κ2) is 6.88. The molecule has 1 heterocycles. The number of Topliss-reactive ketones (excluding diaryl/α,β-unsaturated/α-hetero) is 1. The van der Waals surface area contributed by atoms with Crippen molar-refractivity contribution in [1.82, 2.24) is 0 Å². The normalized spacial score (nSPS) is 14.0. The summed E-state index contributed by atoms with van der Waals surface area (Å²) in [7, 11) is 0. The van der Waals surface area contributed by atoms with E-state index in [-0.39, 0.29) is 22.9 Å². The number of allylic oxidation sites excluding steroid dienone is 1. The van der Waals surface area contributed by atoms with Crippen LogP contribution in [0.15, 0.2) is 78.6 Å². The van der Waals surface area contributed by atoms with Crippen molar-refractivity contribution in [2.75, 3.05) is 0 Å². The fraction of sp³-hybridized carbons (Fsp3) is 0. The fourth-order valence-electron chi connectivity index (χ4n) is 2.68. The molecule has 132 valence electrons. The smallest absolute Gasteiger partial charge is 0.343 e. The van der Waals surface area contributed by atoms with Crippen LogP contribution in [0.4, 0.5) is 4.39 Å². The number of esters is 1. The zero-order valence-electron chi connectivity index (χ0n) is 14.0. The predicted octanol–water partition coefficient (Wildman–Crippen LogP) is 4.66. The first-order valence-electron chi connectivity index (χ1n) is 8.21. The molecule has 0 radical (unpaired) electrons. The molecule has 3 aromatic carbocycles. The van der Waals surface area contributed by atoms with E-state index in [2.05, 4.69) is 0 Å². The first kappa shape index (κ1) is 16.7. The van der Waals surface area contributed by atoms with Gasteiger partial charge in [-0.25, -0.2) is 9.18 Å². The highest BCUT2D eigenvalue weighted by molar-refractivity contribution is 6.14. The molecule has 0 aromatic heterocycles. The third kappa shape index (κ3) is 3.48. The van der Waals surface area contributed by atoms with E-state index in [1.807, 2.05) is 30.3 Å². The standard InChI is InChI=1S/C22H13FO4/c23-16-8-6-15(7-9-16)22(25)26-17-10-11-18-19(13-17)27-20(21(18)24)12-14-4-2-1-3-5-14/h1-13H. The van der Waals surface area contributed by atoms with Crippen molar-refractivity contribution in [3.05, 3.63) is 101 Å². The lowest BCUT2D eigenvalue weighted by molar-refractivity contribution is 0.0734. The zero-order valence-corrected chi connectivity index (χ0v) is 14.0. The Bertz CT molecular complexity index is 1050. The number of ketones is 1. The summed E-state index contributed by atoms with van der Waals surface area (Å²) < 4.78 is 23.9. The number of benzene rings is 3. The molecule has 0 bridgehead atoms. The van der Waals surface area contributed by atoms with E-state index < -0.39 is 11.8 Å². The van der Waals surface area contributed by atoms with Crippen LogP contribution in [0, 0.1) is 5.82 Å². The fourth-order valence-corrected chi connectivity index (χ4v) is 2.68. The van der Waals surface area contributed by atoms with Crippen molar-refractivity contribution in [3.63, 3.8) is 0 Å². The molecule has 0 aliphatic carbocycles. The van der Waals surface area contributed by atoms with Crippen LogP contribution in [0.25, 0.3) is 6.08 Å². The average molecular weight is 360 g/mol. The number of rotatable bonds is 3. The number of halogens is 1. The van der Waals surface area contributed by atoms with Gasteiger partial charge in [-0.3, -0.25) is 4.79 Å². The van der Waals surface area contributed by atoms with Crippen molar-refractivity contribution >= 4 is 17.8 Å². The number of carbonyl (C=O) groups is 2. The highest BCUT2D eigenvalue weighted by Gasteiger charge is 2.28. The van der Waals surface area contributed by atoms with Crippen molar-refractivity contribution in [2.45, 2.75) is 0 Å². The summed E-state index contributed by atoms with van der Waals surface area (Å²) in [5.74, 6) is -0.528. The molecule has 5 heteroatoms. The van der Waals surface area contributed by atoms with Crippen molar-refractivity contribution in [1.29, 1.82) is 0 Å². The maximum atomic E-state index is 13.0. The Hall–Kier alpha value is -3.73. The summed E-state index contributed by atoms with van der Waals surface area (Å²) in [6.45, 7) is 0. The Balaban J connectivity index is 1.55. The van der Waals surface area contributed by atoms with Gasteiger partial charge in [0.25, 0.3) is 0 Å². The lowest BCUT2D eigenvalue weighted by Crippen LogP contribution is -2.08. The van der Waals surface area contributed by atoms with Crippen LogP contribution in [-0.2, 0) is 0 Å². The van der Waals surface area contributed by atoms with Crippen LogP contribution in [-0.4, -0.2) is 11.8 Å². The number of fused-ring (bicyclic) bond motifs is 1. The Labute approximate surface area is 154 Å². The molecule has 0 saturated carbocycles. The summed E-state index contributed by atoms with van der Waals surface area (Å²) in [6, 6.07) is 18.9. The van der Waals surface area contributed by atoms with E-state index in [0.29, 0.717) is 11.3 Å². The molecule has 0 N–H and O–H groups in total. The van der Waals surface area contributed by atoms with E-state index in [9.17, 15) is 14.0 Å². The van der Waals surface area contributed by atoms with Gasteiger partial charge in [-0.05, 0) is 48.0 Å². The number of hydrogen-bond acceptors (Lipinski definition) is 4. The third-order valence-corrected chi connectivity index (χ3v) is 4.03. The molecule has 0 spiro atoms. The van der Waals surface area contributed by atoms with Crippen LogP contribution < -0.4 is 9.47 Å². The lowest BCUT2D eigenvalue weighted by Gasteiger charge is -2.05. The van der Waals surface area contributed by atoms with Crippen LogP contribution in [0.1, 0.15) is 26.3 Å². The molecule has 27 heavy (non-hydrogen) atoms. The monoisotopic (exact) mass is 360 g/mol. The molecule has 0 saturated heterocycles. The van der Waals surface area contributed by atoms with E-state index in [1.165, 1.54) is 36.4 Å². The minimum Gasteiger partial charge on any atom is -0.452 e. The van der Waals surface area contributed by atoms with E-state index >= 15 is 0 Å². The van der Waals surface area contributed by atoms with Gasteiger partial charge in [0.2, 0.25) is 5.78 Å². The SMILES string of the molecule is O=C(Oc1ccc2c(c1)OC(=Cc1ccccc1)C2=O)c1ccc(F)cc1. The predicted molar refractivity (Wildman–Crippen MR) is 97.2 cm³/mol. The summed E-state index contributed by atoms with van der Waals surface area (Å²) in [5.41, 5.74) is 1.47. The topological polar surface area (TPSA) is 52.6 Å². The molecule has 3 aromatic rings.